The molecular weight excluding hydrogens is 204 g/mol. The lowest BCUT2D eigenvalue weighted by Gasteiger charge is -2.40. The highest BCUT2D eigenvalue weighted by Crippen LogP contribution is 2.55. The summed E-state index contributed by atoms with van der Waals surface area (Å²) >= 11 is 0. The SMILES string of the molecule is C[C@]12CCC(O)[C@](C)(O1)c1ccc(O)cc12. The summed E-state index contributed by atoms with van der Waals surface area (Å²) < 4.78 is 6.05. The average molecular weight is 220 g/mol. The highest BCUT2D eigenvalue weighted by atomic mass is 16.5. The third kappa shape index (κ3) is 1.05. The minimum Gasteiger partial charge on any atom is -0.508 e. The molecule has 0 amide bonds. The number of aliphatic hydroxyl groups excluding tert-OH is 1. The number of aliphatic hydroxyl groups is 1. The number of fused-ring (bicyclic) bond motifs is 5. The van der Waals surface area contributed by atoms with Gasteiger partial charge in [-0.1, -0.05) is 6.07 Å². The van der Waals surface area contributed by atoms with Crippen molar-refractivity contribution in [1.82, 2.24) is 0 Å². The van der Waals surface area contributed by atoms with Crippen molar-refractivity contribution in [3.8, 4) is 5.75 Å². The third-order valence-electron chi connectivity index (χ3n) is 4.08. The Balaban J connectivity index is 2.26. The second-order valence-corrected chi connectivity index (χ2v) is 5.22. The number of benzene rings is 1. The first-order valence-corrected chi connectivity index (χ1v) is 5.68. The van der Waals surface area contributed by atoms with Crippen molar-refractivity contribution in [2.45, 2.75) is 44.0 Å². The number of rotatable bonds is 0. The summed E-state index contributed by atoms with van der Waals surface area (Å²) in [6.07, 6.45) is 1.06. The maximum atomic E-state index is 10.1. The lowest BCUT2D eigenvalue weighted by Crippen LogP contribution is -2.43. The molecule has 2 aliphatic heterocycles. The summed E-state index contributed by atoms with van der Waals surface area (Å²) in [5.41, 5.74) is 1.06. The number of phenolic OH excluding ortho intramolecular Hbond substituents is 1. The predicted molar refractivity (Wildman–Crippen MR) is 59.1 cm³/mol. The maximum Gasteiger partial charge on any atom is 0.118 e. The molecule has 1 aromatic rings. The Labute approximate surface area is 94.7 Å². The van der Waals surface area contributed by atoms with E-state index in [1.165, 1.54) is 0 Å². The molecule has 86 valence electrons. The van der Waals surface area contributed by atoms with Gasteiger partial charge in [-0.25, -0.2) is 0 Å². The zero-order chi connectivity index (χ0) is 11.6. The van der Waals surface area contributed by atoms with Crippen LogP contribution in [0.4, 0.5) is 0 Å². The van der Waals surface area contributed by atoms with Crippen molar-refractivity contribution in [3.05, 3.63) is 29.3 Å². The molecule has 2 N–H and O–H groups in total. The molecule has 0 spiro atoms. The first kappa shape index (κ1) is 10.1. The molecule has 2 bridgehead atoms. The highest BCUT2D eigenvalue weighted by Gasteiger charge is 2.55. The van der Waals surface area contributed by atoms with E-state index in [0.29, 0.717) is 0 Å². The number of ether oxygens (including phenoxy) is 1. The number of phenols is 1. The van der Waals surface area contributed by atoms with Crippen LogP contribution in [0.2, 0.25) is 0 Å². The third-order valence-corrected chi connectivity index (χ3v) is 4.08. The van der Waals surface area contributed by atoms with Gasteiger partial charge in [0.05, 0.1) is 11.7 Å². The fraction of sp³-hybridized carbons (Fsp3) is 0.538. The van der Waals surface area contributed by atoms with E-state index in [9.17, 15) is 10.2 Å². The molecule has 0 aromatic heterocycles. The van der Waals surface area contributed by atoms with Gasteiger partial charge in [0.2, 0.25) is 0 Å². The molecule has 1 saturated heterocycles. The van der Waals surface area contributed by atoms with Gasteiger partial charge >= 0.3 is 0 Å². The van der Waals surface area contributed by atoms with Gasteiger partial charge in [0, 0.05) is 0 Å². The summed E-state index contributed by atoms with van der Waals surface area (Å²) in [4.78, 5) is 0. The van der Waals surface area contributed by atoms with Crippen LogP contribution in [0.15, 0.2) is 18.2 Å². The molecule has 0 saturated carbocycles. The van der Waals surface area contributed by atoms with Crippen LogP contribution in [0.25, 0.3) is 0 Å². The molecule has 1 aromatic carbocycles. The molecule has 16 heavy (non-hydrogen) atoms. The van der Waals surface area contributed by atoms with Gasteiger partial charge in [0.1, 0.15) is 11.4 Å². The van der Waals surface area contributed by atoms with E-state index in [4.69, 9.17) is 4.74 Å². The van der Waals surface area contributed by atoms with Crippen LogP contribution in [0.5, 0.6) is 5.75 Å². The summed E-state index contributed by atoms with van der Waals surface area (Å²) in [6.45, 7) is 3.96. The van der Waals surface area contributed by atoms with E-state index in [-0.39, 0.29) is 11.4 Å². The van der Waals surface area contributed by atoms with Crippen LogP contribution >= 0.6 is 0 Å². The molecular formula is C13H16O3. The Bertz CT molecular complexity index is 456. The van der Waals surface area contributed by atoms with Gasteiger partial charge in [-0.05, 0) is 49.9 Å². The molecule has 2 heterocycles. The number of hydrogen-bond donors (Lipinski definition) is 2. The smallest absolute Gasteiger partial charge is 0.118 e. The Morgan fingerprint density at radius 3 is 2.81 bits per heavy atom. The number of hydrogen-bond acceptors (Lipinski definition) is 3. The van der Waals surface area contributed by atoms with E-state index >= 15 is 0 Å². The summed E-state index contributed by atoms with van der Waals surface area (Å²) in [5, 5.41) is 19.7. The van der Waals surface area contributed by atoms with Crippen molar-refractivity contribution in [2.75, 3.05) is 0 Å². The summed E-state index contributed by atoms with van der Waals surface area (Å²) in [7, 11) is 0. The Morgan fingerprint density at radius 1 is 1.31 bits per heavy atom. The molecule has 1 fully saturated rings. The van der Waals surface area contributed by atoms with Gasteiger partial charge < -0.3 is 14.9 Å². The van der Waals surface area contributed by atoms with Crippen LogP contribution in [0, 0.1) is 0 Å². The first-order valence-electron chi connectivity index (χ1n) is 5.68. The largest absolute Gasteiger partial charge is 0.508 e. The van der Waals surface area contributed by atoms with Gasteiger partial charge in [-0.2, -0.15) is 0 Å². The van der Waals surface area contributed by atoms with Gasteiger partial charge in [0.25, 0.3) is 0 Å². The zero-order valence-electron chi connectivity index (χ0n) is 9.53. The standard InChI is InChI=1S/C13H16O3/c1-12-6-5-11(15)13(2,16-12)9-4-3-8(14)7-10(9)12/h3-4,7,11,14-15H,5-6H2,1-2H3/t11?,12-,13-/m1/s1. The topological polar surface area (TPSA) is 49.7 Å². The van der Waals surface area contributed by atoms with Crippen LogP contribution in [0.3, 0.4) is 0 Å². The molecule has 3 atom stereocenters. The second kappa shape index (κ2) is 2.79. The maximum absolute atomic E-state index is 10.1. The Hall–Kier alpha value is -1.06. The fourth-order valence-electron chi connectivity index (χ4n) is 3.10. The molecule has 3 heteroatoms. The first-order chi connectivity index (χ1) is 7.46. The summed E-state index contributed by atoms with van der Waals surface area (Å²) in [6, 6.07) is 5.29. The van der Waals surface area contributed by atoms with Crippen molar-refractivity contribution in [2.24, 2.45) is 0 Å². The van der Waals surface area contributed by atoms with Crippen LogP contribution in [-0.4, -0.2) is 16.3 Å². The van der Waals surface area contributed by atoms with Gasteiger partial charge in [-0.3, -0.25) is 0 Å². The Morgan fingerprint density at radius 2 is 2.06 bits per heavy atom. The van der Waals surface area contributed by atoms with E-state index in [0.717, 1.165) is 24.0 Å². The fourth-order valence-corrected chi connectivity index (χ4v) is 3.10. The van der Waals surface area contributed by atoms with Crippen LogP contribution < -0.4 is 0 Å². The Kier molecular flexibility index (Phi) is 1.76. The zero-order valence-corrected chi connectivity index (χ0v) is 9.53. The quantitative estimate of drug-likeness (QED) is 0.703. The normalized spacial score (nSPS) is 40.8. The van der Waals surface area contributed by atoms with Gasteiger partial charge in [0.15, 0.2) is 0 Å². The van der Waals surface area contributed by atoms with Crippen LogP contribution in [-0.2, 0) is 15.9 Å². The molecule has 0 aliphatic carbocycles. The number of aromatic hydroxyl groups is 1. The van der Waals surface area contributed by atoms with Crippen molar-refractivity contribution >= 4 is 0 Å². The molecule has 3 nitrogen and oxygen atoms in total. The van der Waals surface area contributed by atoms with E-state index < -0.39 is 11.7 Å². The predicted octanol–water partition coefficient (Wildman–Crippen LogP) is 2.01. The van der Waals surface area contributed by atoms with Crippen LogP contribution in [0.1, 0.15) is 37.8 Å². The van der Waals surface area contributed by atoms with Crippen molar-refractivity contribution in [1.29, 1.82) is 0 Å². The van der Waals surface area contributed by atoms with Crippen molar-refractivity contribution in [3.63, 3.8) is 0 Å². The van der Waals surface area contributed by atoms with Gasteiger partial charge in [-0.15, -0.1) is 0 Å². The lowest BCUT2D eigenvalue weighted by atomic mass is 9.89. The summed E-state index contributed by atoms with van der Waals surface area (Å²) in [5.74, 6) is 0.259. The van der Waals surface area contributed by atoms with E-state index in [1.807, 2.05) is 19.9 Å². The molecule has 0 radical (unpaired) electrons. The highest BCUT2D eigenvalue weighted by molar-refractivity contribution is 5.46. The molecule has 1 unspecified atom stereocenters. The van der Waals surface area contributed by atoms with E-state index in [2.05, 4.69) is 0 Å². The average Bonchev–Trinajstić information content (AvgIpc) is 2.42. The molecule has 2 aliphatic rings. The lowest BCUT2D eigenvalue weighted by molar-refractivity contribution is -0.212. The minimum atomic E-state index is -0.615. The minimum absolute atomic E-state index is 0.259. The second-order valence-electron chi connectivity index (χ2n) is 5.22. The molecule has 3 rings (SSSR count). The van der Waals surface area contributed by atoms with Crippen molar-refractivity contribution < 1.29 is 14.9 Å². The monoisotopic (exact) mass is 220 g/mol. The van der Waals surface area contributed by atoms with E-state index in [1.54, 1.807) is 12.1 Å².